The summed E-state index contributed by atoms with van der Waals surface area (Å²) >= 11 is 1.66. The summed E-state index contributed by atoms with van der Waals surface area (Å²) in [4.78, 5) is 29.1. The van der Waals surface area contributed by atoms with Crippen LogP contribution in [-0.2, 0) is 14.3 Å². The number of nitrogens with one attached hydrogen (secondary N) is 1. The largest absolute Gasteiger partial charge is 0.469 e. The van der Waals surface area contributed by atoms with E-state index in [0.29, 0.717) is 0 Å². The van der Waals surface area contributed by atoms with Crippen molar-refractivity contribution in [1.29, 1.82) is 0 Å². The molecule has 210 valence electrons. The number of carbonyl (C=O) groups excluding carboxylic acids is 2. The fraction of sp³-hybridized carbons (Fsp3) is 0.690. The molecule has 0 amide bonds. The molecule has 37 heavy (non-hydrogen) atoms. The Labute approximate surface area is 227 Å². The highest BCUT2D eigenvalue weighted by Gasteiger charge is 2.42. The van der Waals surface area contributed by atoms with E-state index in [2.05, 4.69) is 46.4 Å². The number of Topliss-reactive ketones (excluding diaryl/α,β-unsaturated/α-hetero) is 1. The van der Waals surface area contributed by atoms with Gasteiger partial charge in [-0.2, -0.15) is 0 Å². The molecular weight excluding hydrogens is 488 g/mol. The molecule has 0 spiro atoms. The number of ketones is 1. The van der Waals surface area contributed by atoms with E-state index in [1.807, 2.05) is 20.9 Å². The van der Waals surface area contributed by atoms with Crippen molar-refractivity contribution in [3.8, 4) is 0 Å². The number of hydrogen-bond acceptors (Lipinski definition) is 8. The molecule has 1 aromatic rings. The van der Waals surface area contributed by atoms with Crippen LogP contribution in [0.2, 0.25) is 0 Å². The van der Waals surface area contributed by atoms with E-state index in [-0.39, 0.29) is 24.2 Å². The van der Waals surface area contributed by atoms with Gasteiger partial charge >= 0.3 is 5.97 Å². The van der Waals surface area contributed by atoms with Crippen molar-refractivity contribution in [3.63, 3.8) is 0 Å². The number of rotatable bonds is 16. The zero-order chi connectivity index (χ0) is 28.3. The molecule has 1 aromatic heterocycles. The van der Waals surface area contributed by atoms with Crippen molar-refractivity contribution in [3.05, 3.63) is 33.3 Å². The summed E-state index contributed by atoms with van der Waals surface area (Å²) in [5, 5.41) is 27.8. The van der Waals surface area contributed by atoms with E-state index in [9.17, 15) is 19.8 Å². The molecule has 1 heterocycles. The molecule has 0 aliphatic rings. The SMILES string of the molecule is CNC(C=C(C)CCCC(C)C(O)C(C)C(=O)C(C)(C)C(O)CC(=O)OC)CC(C)=Cc1csc(C)n1. The van der Waals surface area contributed by atoms with Crippen LogP contribution in [0.15, 0.2) is 22.6 Å². The summed E-state index contributed by atoms with van der Waals surface area (Å²) in [6, 6.07) is 0.232. The topological polar surface area (TPSA) is 109 Å². The standard InChI is InChI=1S/C29H48N2O5S/c1-18(13-23(30-8)14-19(2)15-24-17-37-22(5)31-24)11-10-12-20(3)27(34)21(4)28(35)29(6,7)25(32)16-26(33)36-9/h13,15,17,20-21,23,25,27,30,32,34H,10-12,14,16H2,1-9H3. The van der Waals surface area contributed by atoms with Crippen molar-refractivity contribution < 1.29 is 24.5 Å². The lowest BCUT2D eigenvalue weighted by Crippen LogP contribution is -2.45. The number of thiazole rings is 1. The third-order valence-corrected chi connectivity index (χ3v) is 8.02. The number of aliphatic hydroxyl groups excluding tert-OH is 2. The fourth-order valence-corrected chi connectivity index (χ4v) is 5.11. The van der Waals surface area contributed by atoms with Crippen LogP contribution in [0.3, 0.4) is 0 Å². The molecule has 0 radical (unpaired) electrons. The van der Waals surface area contributed by atoms with Gasteiger partial charge in [-0.3, -0.25) is 9.59 Å². The summed E-state index contributed by atoms with van der Waals surface area (Å²) < 4.78 is 4.61. The van der Waals surface area contributed by atoms with Crippen LogP contribution < -0.4 is 5.32 Å². The number of aromatic nitrogens is 1. The third-order valence-electron chi connectivity index (χ3n) is 7.22. The number of allylic oxidation sites excluding steroid dienone is 1. The van der Waals surface area contributed by atoms with E-state index < -0.39 is 29.5 Å². The van der Waals surface area contributed by atoms with Gasteiger partial charge in [0.2, 0.25) is 0 Å². The predicted molar refractivity (Wildman–Crippen MR) is 151 cm³/mol. The monoisotopic (exact) mass is 536 g/mol. The van der Waals surface area contributed by atoms with Gasteiger partial charge in [-0.05, 0) is 65.5 Å². The van der Waals surface area contributed by atoms with Gasteiger partial charge in [0.15, 0.2) is 0 Å². The van der Waals surface area contributed by atoms with E-state index >= 15 is 0 Å². The Hall–Kier alpha value is -1.87. The maximum absolute atomic E-state index is 13.1. The van der Waals surface area contributed by atoms with Crippen molar-refractivity contribution in [2.75, 3.05) is 14.2 Å². The minimum atomic E-state index is -1.17. The number of esters is 1. The van der Waals surface area contributed by atoms with Gasteiger partial charge in [-0.1, -0.05) is 44.9 Å². The number of carbonyl (C=O) groups is 2. The Balaban J connectivity index is 2.62. The maximum atomic E-state index is 13.1. The molecule has 3 N–H and O–H groups in total. The van der Waals surface area contributed by atoms with Crippen LogP contribution in [0, 0.1) is 24.2 Å². The summed E-state index contributed by atoms with van der Waals surface area (Å²) in [5.74, 6) is -1.56. The fourth-order valence-electron chi connectivity index (χ4n) is 4.54. The van der Waals surface area contributed by atoms with E-state index in [4.69, 9.17) is 0 Å². The first-order chi connectivity index (χ1) is 17.2. The zero-order valence-corrected chi connectivity index (χ0v) is 24.9. The number of aryl methyl sites for hydroxylation is 1. The number of ether oxygens (including phenoxy) is 1. The molecular formula is C29H48N2O5S. The Morgan fingerprint density at radius 2 is 1.84 bits per heavy atom. The second-order valence-corrected chi connectivity index (χ2v) is 12.0. The molecule has 8 heteroatoms. The van der Waals surface area contributed by atoms with Gasteiger partial charge < -0.3 is 20.3 Å². The molecule has 5 atom stereocenters. The molecule has 0 fully saturated rings. The lowest BCUT2D eigenvalue weighted by atomic mass is 9.73. The van der Waals surface area contributed by atoms with Crippen LogP contribution in [0.25, 0.3) is 6.08 Å². The highest BCUT2D eigenvalue weighted by Crippen LogP contribution is 2.32. The van der Waals surface area contributed by atoms with Crippen LogP contribution in [0.4, 0.5) is 0 Å². The second kappa shape index (κ2) is 15.5. The number of likely N-dealkylation sites (N-methyl/N-ethyl adjacent to an activating group) is 1. The van der Waals surface area contributed by atoms with E-state index in [1.54, 1.807) is 32.1 Å². The Morgan fingerprint density at radius 3 is 2.38 bits per heavy atom. The Kier molecular flexibility index (Phi) is 13.9. The summed E-state index contributed by atoms with van der Waals surface area (Å²) in [6.07, 6.45) is 5.64. The zero-order valence-electron chi connectivity index (χ0n) is 24.1. The van der Waals surface area contributed by atoms with E-state index in [0.717, 1.165) is 36.4 Å². The number of nitrogens with zero attached hydrogens (tertiary/aromatic N) is 1. The molecule has 0 aromatic carbocycles. The summed E-state index contributed by atoms with van der Waals surface area (Å²) in [7, 11) is 3.21. The number of hydrogen-bond donors (Lipinski definition) is 3. The minimum absolute atomic E-state index is 0.0767. The number of aliphatic hydroxyl groups is 2. The van der Waals surface area contributed by atoms with Crippen molar-refractivity contribution in [1.82, 2.24) is 10.3 Å². The average Bonchev–Trinajstić information content (AvgIpc) is 3.25. The average molecular weight is 537 g/mol. The first-order valence-electron chi connectivity index (χ1n) is 13.1. The third kappa shape index (κ3) is 10.8. The van der Waals surface area contributed by atoms with Gasteiger partial charge in [0.25, 0.3) is 0 Å². The smallest absolute Gasteiger partial charge is 0.308 e. The molecule has 0 aliphatic heterocycles. The molecule has 7 nitrogen and oxygen atoms in total. The van der Waals surface area contributed by atoms with Gasteiger partial charge in [0.05, 0.1) is 41.9 Å². The molecule has 5 unspecified atom stereocenters. The Morgan fingerprint density at radius 1 is 1.19 bits per heavy atom. The van der Waals surface area contributed by atoms with Gasteiger partial charge in [-0.25, -0.2) is 4.98 Å². The van der Waals surface area contributed by atoms with Gasteiger partial charge in [0.1, 0.15) is 5.78 Å². The van der Waals surface area contributed by atoms with Gasteiger partial charge in [-0.15, -0.1) is 11.3 Å². The van der Waals surface area contributed by atoms with Crippen molar-refractivity contribution >= 4 is 29.2 Å². The van der Waals surface area contributed by atoms with Crippen LogP contribution >= 0.6 is 11.3 Å². The van der Waals surface area contributed by atoms with Crippen LogP contribution in [0.5, 0.6) is 0 Å². The van der Waals surface area contributed by atoms with Crippen molar-refractivity contribution in [2.45, 2.75) is 98.8 Å². The molecule has 0 saturated heterocycles. The Bertz CT molecular complexity index is 936. The molecule has 0 bridgehead atoms. The predicted octanol–water partition coefficient (Wildman–Crippen LogP) is 5.10. The highest BCUT2D eigenvalue weighted by molar-refractivity contribution is 7.09. The lowest BCUT2D eigenvalue weighted by molar-refractivity contribution is -0.149. The first-order valence-corrected chi connectivity index (χ1v) is 14.0. The highest BCUT2D eigenvalue weighted by atomic mass is 32.1. The first kappa shape index (κ1) is 33.2. The van der Waals surface area contributed by atoms with Crippen LogP contribution in [-0.4, -0.2) is 59.4 Å². The minimum Gasteiger partial charge on any atom is -0.469 e. The molecule has 1 rings (SSSR count). The number of methoxy groups -OCH3 is 1. The van der Waals surface area contributed by atoms with Crippen molar-refractivity contribution in [2.24, 2.45) is 17.3 Å². The normalized spacial score (nSPS) is 17.2. The quantitative estimate of drug-likeness (QED) is 0.199. The van der Waals surface area contributed by atoms with E-state index in [1.165, 1.54) is 18.3 Å². The summed E-state index contributed by atoms with van der Waals surface area (Å²) in [5.41, 5.74) is 2.40. The second-order valence-electron chi connectivity index (χ2n) is 10.9. The molecule has 0 aliphatic carbocycles. The van der Waals surface area contributed by atoms with Gasteiger partial charge in [0, 0.05) is 17.3 Å². The lowest BCUT2D eigenvalue weighted by Gasteiger charge is -2.34. The summed E-state index contributed by atoms with van der Waals surface area (Å²) in [6.45, 7) is 13.1. The maximum Gasteiger partial charge on any atom is 0.308 e. The van der Waals surface area contributed by atoms with Crippen LogP contribution in [0.1, 0.15) is 84.3 Å². The molecule has 0 saturated carbocycles.